The van der Waals surface area contributed by atoms with Crippen molar-refractivity contribution in [2.45, 2.75) is 12.8 Å². The van der Waals surface area contributed by atoms with Gasteiger partial charge in [0.1, 0.15) is 0 Å². The van der Waals surface area contributed by atoms with Crippen molar-refractivity contribution >= 4 is 5.97 Å². The maximum absolute atomic E-state index is 10.6. The molecule has 0 saturated carbocycles. The molecule has 60 valence electrons. The van der Waals surface area contributed by atoms with E-state index in [4.69, 9.17) is 0 Å². The first-order valence-corrected chi connectivity index (χ1v) is 3.38. The minimum absolute atomic E-state index is 0.201. The number of nitrogens with zero attached hydrogens (tertiary/aromatic N) is 1. The third kappa shape index (κ3) is 2.41. The molecule has 0 atom stereocenters. The Morgan fingerprint density at radius 2 is 2.64 bits per heavy atom. The van der Waals surface area contributed by atoms with Gasteiger partial charge in [0.05, 0.1) is 19.2 Å². The Balaban J connectivity index is 2.29. The predicted molar refractivity (Wildman–Crippen MR) is 38.9 cm³/mol. The Morgan fingerprint density at radius 3 is 3.18 bits per heavy atom. The molecular weight excluding hydrogens is 144 g/mol. The number of hydrogen-bond donors (Lipinski definition) is 1. The van der Waals surface area contributed by atoms with Crippen molar-refractivity contribution in [3.63, 3.8) is 0 Å². The molecule has 0 radical (unpaired) electrons. The molecule has 11 heavy (non-hydrogen) atoms. The molecule has 0 unspecified atom stereocenters. The van der Waals surface area contributed by atoms with Crippen LogP contribution in [-0.2, 0) is 16.0 Å². The fraction of sp³-hybridized carbons (Fsp3) is 0.429. The number of aryl methyl sites for hydroxylation is 1. The molecule has 0 aromatic carbocycles. The smallest absolute Gasteiger partial charge is 0.305 e. The van der Waals surface area contributed by atoms with E-state index in [-0.39, 0.29) is 5.97 Å². The molecule has 0 aliphatic heterocycles. The van der Waals surface area contributed by atoms with Crippen molar-refractivity contribution in [3.05, 3.63) is 18.0 Å². The minimum atomic E-state index is -0.201. The third-order valence-corrected chi connectivity index (χ3v) is 1.37. The van der Waals surface area contributed by atoms with Crippen LogP contribution in [0.1, 0.15) is 12.1 Å². The zero-order chi connectivity index (χ0) is 8.10. The number of carbonyl (C=O) groups excluding carboxylic acids is 1. The molecule has 0 saturated heterocycles. The lowest BCUT2D eigenvalue weighted by Gasteiger charge is -1.94. The number of ether oxygens (including phenoxy) is 1. The number of aromatic nitrogens is 2. The fourth-order valence-electron chi connectivity index (χ4n) is 0.762. The zero-order valence-corrected chi connectivity index (χ0v) is 6.33. The number of carbonyl (C=O) groups is 1. The van der Waals surface area contributed by atoms with Crippen molar-refractivity contribution in [1.29, 1.82) is 0 Å². The second kappa shape index (κ2) is 3.75. The van der Waals surface area contributed by atoms with Crippen LogP contribution in [0.4, 0.5) is 0 Å². The second-order valence-corrected chi connectivity index (χ2v) is 2.14. The maximum Gasteiger partial charge on any atom is 0.305 e. The van der Waals surface area contributed by atoms with E-state index in [1.54, 1.807) is 6.20 Å². The van der Waals surface area contributed by atoms with Crippen LogP contribution in [0, 0.1) is 0 Å². The molecule has 0 bridgehead atoms. The average Bonchev–Trinajstić information content (AvgIpc) is 2.52. The summed E-state index contributed by atoms with van der Waals surface area (Å²) in [5, 5.41) is 6.56. The van der Waals surface area contributed by atoms with Crippen LogP contribution in [-0.4, -0.2) is 23.3 Å². The van der Waals surface area contributed by atoms with Gasteiger partial charge >= 0.3 is 5.97 Å². The lowest BCUT2D eigenvalue weighted by Crippen LogP contribution is -2.01. The monoisotopic (exact) mass is 154 g/mol. The van der Waals surface area contributed by atoms with Crippen LogP contribution >= 0.6 is 0 Å². The van der Waals surface area contributed by atoms with Gasteiger partial charge in [0.25, 0.3) is 0 Å². The quantitative estimate of drug-likeness (QED) is 0.645. The summed E-state index contributed by atoms with van der Waals surface area (Å²) in [6.07, 6.45) is 2.75. The Kier molecular flexibility index (Phi) is 2.66. The van der Waals surface area contributed by atoms with Crippen molar-refractivity contribution in [1.82, 2.24) is 10.2 Å². The normalized spacial score (nSPS) is 9.55. The van der Waals surface area contributed by atoms with E-state index in [1.165, 1.54) is 7.11 Å². The molecular formula is C7H10N2O2. The molecule has 4 nitrogen and oxygen atoms in total. The summed E-state index contributed by atoms with van der Waals surface area (Å²) in [7, 11) is 1.38. The molecule has 0 spiro atoms. The molecule has 0 fully saturated rings. The molecule has 0 aliphatic carbocycles. The van der Waals surface area contributed by atoms with Crippen LogP contribution in [0.5, 0.6) is 0 Å². The molecule has 1 rings (SSSR count). The summed E-state index contributed by atoms with van der Waals surface area (Å²) in [5.74, 6) is -0.201. The lowest BCUT2D eigenvalue weighted by atomic mass is 10.2. The average molecular weight is 154 g/mol. The van der Waals surface area contributed by atoms with Gasteiger partial charge in [-0.3, -0.25) is 9.89 Å². The van der Waals surface area contributed by atoms with E-state index in [9.17, 15) is 4.79 Å². The first kappa shape index (κ1) is 7.78. The molecule has 1 N–H and O–H groups in total. The first-order chi connectivity index (χ1) is 5.33. The van der Waals surface area contributed by atoms with Gasteiger partial charge in [0, 0.05) is 12.6 Å². The van der Waals surface area contributed by atoms with E-state index in [2.05, 4.69) is 14.9 Å². The second-order valence-electron chi connectivity index (χ2n) is 2.14. The highest BCUT2D eigenvalue weighted by Crippen LogP contribution is 1.97. The molecule has 4 heteroatoms. The summed E-state index contributed by atoms with van der Waals surface area (Å²) in [6, 6.07) is 1.84. The molecule has 1 aromatic heterocycles. The summed E-state index contributed by atoms with van der Waals surface area (Å²) < 4.78 is 4.47. The Labute approximate surface area is 64.6 Å². The van der Waals surface area contributed by atoms with Crippen molar-refractivity contribution in [3.8, 4) is 0 Å². The third-order valence-electron chi connectivity index (χ3n) is 1.37. The van der Waals surface area contributed by atoms with Crippen LogP contribution < -0.4 is 0 Å². The lowest BCUT2D eigenvalue weighted by molar-refractivity contribution is -0.140. The number of methoxy groups -OCH3 is 1. The highest BCUT2D eigenvalue weighted by Gasteiger charge is 2.01. The van der Waals surface area contributed by atoms with Crippen LogP contribution in [0.2, 0.25) is 0 Å². The number of nitrogens with one attached hydrogen (secondary N) is 1. The molecule has 1 heterocycles. The van der Waals surface area contributed by atoms with E-state index >= 15 is 0 Å². The van der Waals surface area contributed by atoms with Gasteiger partial charge in [-0.15, -0.1) is 0 Å². The van der Waals surface area contributed by atoms with E-state index in [0.717, 1.165) is 5.69 Å². The summed E-state index contributed by atoms with van der Waals surface area (Å²) in [6.45, 7) is 0. The number of hydrogen-bond acceptors (Lipinski definition) is 3. The number of rotatable bonds is 3. The fourth-order valence-corrected chi connectivity index (χ4v) is 0.762. The van der Waals surface area contributed by atoms with Crippen LogP contribution in [0.15, 0.2) is 12.3 Å². The van der Waals surface area contributed by atoms with Crippen LogP contribution in [0.25, 0.3) is 0 Å². The van der Waals surface area contributed by atoms with Crippen molar-refractivity contribution in [2.75, 3.05) is 7.11 Å². The highest BCUT2D eigenvalue weighted by atomic mass is 16.5. The SMILES string of the molecule is COC(=O)CCc1cc[nH]n1. The van der Waals surface area contributed by atoms with Crippen LogP contribution in [0.3, 0.4) is 0 Å². The summed E-state index contributed by atoms with van der Waals surface area (Å²) >= 11 is 0. The maximum atomic E-state index is 10.6. The summed E-state index contributed by atoms with van der Waals surface area (Å²) in [5.41, 5.74) is 0.885. The number of aromatic amines is 1. The topological polar surface area (TPSA) is 55.0 Å². The Bertz CT molecular complexity index is 218. The zero-order valence-electron chi connectivity index (χ0n) is 6.33. The van der Waals surface area contributed by atoms with Gasteiger partial charge < -0.3 is 4.74 Å². The Hall–Kier alpha value is -1.32. The standard InChI is InChI=1S/C7H10N2O2/c1-11-7(10)3-2-6-4-5-8-9-6/h4-5H,2-3H2,1H3,(H,8,9). The molecule has 1 aromatic rings. The summed E-state index contributed by atoms with van der Waals surface area (Å²) in [4.78, 5) is 10.6. The highest BCUT2D eigenvalue weighted by molar-refractivity contribution is 5.69. The minimum Gasteiger partial charge on any atom is -0.469 e. The van der Waals surface area contributed by atoms with Crippen molar-refractivity contribution in [2.24, 2.45) is 0 Å². The van der Waals surface area contributed by atoms with E-state index < -0.39 is 0 Å². The number of H-pyrrole nitrogens is 1. The largest absolute Gasteiger partial charge is 0.469 e. The van der Waals surface area contributed by atoms with Gasteiger partial charge in [0.15, 0.2) is 0 Å². The molecule has 0 aliphatic rings. The van der Waals surface area contributed by atoms with Crippen molar-refractivity contribution < 1.29 is 9.53 Å². The predicted octanol–water partition coefficient (Wildman–Crippen LogP) is 0.515. The number of esters is 1. The first-order valence-electron chi connectivity index (χ1n) is 3.38. The molecule has 0 amide bonds. The van der Waals surface area contributed by atoms with E-state index in [1.807, 2.05) is 6.07 Å². The Morgan fingerprint density at radius 1 is 1.82 bits per heavy atom. The van der Waals surface area contributed by atoms with Gasteiger partial charge in [-0.25, -0.2) is 0 Å². The van der Waals surface area contributed by atoms with Gasteiger partial charge in [-0.2, -0.15) is 5.10 Å². The van der Waals surface area contributed by atoms with E-state index in [0.29, 0.717) is 12.8 Å². The van der Waals surface area contributed by atoms with Gasteiger partial charge in [-0.1, -0.05) is 0 Å². The van der Waals surface area contributed by atoms with Gasteiger partial charge in [-0.05, 0) is 6.07 Å². The van der Waals surface area contributed by atoms with Gasteiger partial charge in [0.2, 0.25) is 0 Å².